The van der Waals surface area contributed by atoms with E-state index in [1.807, 2.05) is 6.07 Å². The van der Waals surface area contributed by atoms with Crippen LogP contribution in [0.5, 0.6) is 0 Å². The molecule has 8 heteroatoms. The van der Waals surface area contributed by atoms with E-state index in [9.17, 15) is 13.6 Å². The minimum Gasteiger partial charge on any atom is -0.339 e. The Hall–Kier alpha value is -3.86. The summed E-state index contributed by atoms with van der Waals surface area (Å²) in [5, 5.41) is 21.4. The van der Waals surface area contributed by atoms with Crippen LogP contribution in [-0.2, 0) is 0 Å². The summed E-state index contributed by atoms with van der Waals surface area (Å²) in [6, 6.07) is 14.8. The maximum Gasteiger partial charge on any atom is 0.276 e. The minimum absolute atomic E-state index is 0.0990. The Morgan fingerprint density at radius 1 is 0.962 bits per heavy atom. The van der Waals surface area contributed by atoms with Crippen molar-refractivity contribution in [1.29, 1.82) is 5.26 Å². The Morgan fingerprint density at radius 3 is 2.23 bits per heavy atom. The van der Waals surface area contributed by atoms with Crippen LogP contribution in [0.25, 0.3) is 0 Å². The molecule has 1 aromatic heterocycles. The summed E-state index contributed by atoms with van der Waals surface area (Å²) in [5.41, 5.74) is 0.565. The lowest BCUT2D eigenvalue weighted by Gasteiger charge is -2.08. The van der Waals surface area contributed by atoms with Crippen LogP contribution >= 0.6 is 0 Å². The van der Waals surface area contributed by atoms with E-state index in [2.05, 4.69) is 20.8 Å². The van der Waals surface area contributed by atoms with Crippen LogP contribution in [-0.4, -0.2) is 16.1 Å². The molecule has 3 rings (SSSR count). The van der Waals surface area contributed by atoms with Crippen LogP contribution < -0.4 is 10.6 Å². The summed E-state index contributed by atoms with van der Waals surface area (Å²) in [5.74, 6) is -2.19. The lowest BCUT2D eigenvalue weighted by molar-refractivity contribution is 0.102. The molecular weight excluding hydrogens is 340 g/mol. The minimum atomic E-state index is -0.884. The number of hydrogen-bond donors (Lipinski definition) is 2. The van der Waals surface area contributed by atoms with Gasteiger partial charge >= 0.3 is 0 Å². The van der Waals surface area contributed by atoms with Crippen molar-refractivity contribution in [3.05, 3.63) is 77.5 Å². The summed E-state index contributed by atoms with van der Waals surface area (Å²) >= 11 is 0. The molecule has 0 saturated carbocycles. The second kappa shape index (κ2) is 7.36. The van der Waals surface area contributed by atoms with Gasteiger partial charge in [0.25, 0.3) is 5.91 Å². The number of aromatic nitrogens is 2. The zero-order valence-corrected chi connectivity index (χ0v) is 13.2. The summed E-state index contributed by atoms with van der Waals surface area (Å²) in [7, 11) is 0. The lowest BCUT2D eigenvalue weighted by atomic mass is 10.2. The molecule has 0 fully saturated rings. The van der Waals surface area contributed by atoms with Crippen LogP contribution in [0.2, 0.25) is 0 Å². The number of carbonyl (C=O) groups excluding carboxylic acids is 1. The summed E-state index contributed by atoms with van der Waals surface area (Å²) < 4.78 is 27.1. The van der Waals surface area contributed by atoms with E-state index in [-0.39, 0.29) is 5.69 Å². The summed E-state index contributed by atoms with van der Waals surface area (Å²) in [6.07, 6.45) is 0. The van der Waals surface area contributed by atoms with Gasteiger partial charge in [0.05, 0.1) is 11.6 Å². The van der Waals surface area contributed by atoms with E-state index in [1.165, 1.54) is 18.2 Å². The number of carbonyl (C=O) groups is 1. The van der Waals surface area contributed by atoms with Crippen molar-refractivity contribution < 1.29 is 13.6 Å². The average molecular weight is 351 g/mol. The van der Waals surface area contributed by atoms with Gasteiger partial charge in [-0.2, -0.15) is 5.26 Å². The van der Waals surface area contributed by atoms with Gasteiger partial charge in [-0.05, 0) is 48.5 Å². The molecule has 0 radical (unpaired) electrons. The Kier molecular flexibility index (Phi) is 4.80. The first-order chi connectivity index (χ1) is 12.6. The normalized spacial score (nSPS) is 10.0. The van der Waals surface area contributed by atoms with E-state index in [0.717, 1.165) is 12.1 Å². The molecule has 0 aliphatic carbocycles. The summed E-state index contributed by atoms with van der Waals surface area (Å²) in [4.78, 5) is 12.1. The molecular formula is C18H11F2N5O. The van der Waals surface area contributed by atoms with Gasteiger partial charge < -0.3 is 10.6 Å². The quantitative estimate of drug-likeness (QED) is 0.749. The SMILES string of the molecule is N#Cc1ccc(Nc2ccc(C(=O)Nc3c(F)cccc3F)nn2)cc1. The van der Waals surface area contributed by atoms with E-state index in [0.29, 0.717) is 17.1 Å². The van der Waals surface area contributed by atoms with Crippen molar-refractivity contribution in [2.75, 3.05) is 10.6 Å². The van der Waals surface area contributed by atoms with Crippen LogP contribution in [0, 0.1) is 23.0 Å². The predicted octanol–water partition coefficient (Wildman–Crippen LogP) is 3.62. The standard InChI is InChI=1S/C18H11F2N5O/c19-13-2-1-3-14(20)17(13)23-18(26)15-8-9-16(25-24-15)22-12-6-4-11(10-21)5-7-12/h1-9H,(H,22,25)(H,23,26). The van der Waals surface area contributed by atoms with Gasteiger partial charge in [0, 0.05) is 5.69 Å². The van der Waals surface area contributed by atoms with Crippen molar-refractivity contribution in [1.82, 2.24) is 10.2 Å². The number of hydrogen-bond acceptors (Lipinski definition) is 5. The number of para-hydroxylation sites is 1. The highest BCUT2D eigenvalue weighted by atomic mass is 19.1. The van der Waals surface area contributed by atoms with E-state index in [4.69, 9.17) is 5.26 Å². The molecule has 0 saturated heterocycles. The molecule has 0 aliphatic rings. The molecule has 1 amide bonds. The smallest absolute Gasteiger partial charge is 0.276 e. The molecule has 1 heterocycles. The topological polar surface area (TPSA) is 90.7 Å². The Labute approximate surface area is 147 Å². The zero-order valence-electron chi connectivity index (χ0n) is 13.2. The highest BCUT2D eigenvalue weighted by molar-refractivity contribution is 6.02. The maximum absolute atomic E-state index is 13.6. The first-order valence-electron chi connectivity index (χ1n) is 7.43. The number of anilines is 3. The molecule has 0 atom stereocenters. The number of benzene rings is 2. The number of nitrogens with one attached hydrogen (secondary N) is 2. The Balaban J connectivity index is 1.70. The first-order valence-corrected chi connectivity index (χ1v) is 7.43. The summed E-state index contributed by atoms with van der Waals surface area (Å²) in [6.45, 7) is 0. The Bertz CT molecular complexity index is 962. The molecule has 128 valence electrons. The van der Waals surface area contributed by atoms with Gasteiger partial charge in [-0.15, -0.1) is 10.2 Å². The third-order valence-corrected chi connectivity index (χ3v) is 3.38. The van der Waals surface area contributed by atoms with Crippen molar-refractivity contribution in [3.63, 3.8) is 0 Å². The lowest BCUT2D eigenvalue weighted by Crippen LogP contribution is -2.16. The third kappa shape index (κ3) is 3.79. The Morgan fingerprint density at radius 2 is 1.65 bits per heavy atom. The first kappa shape index (κ1) is 17.0. The van der Waals surface area contributed by atoms with Crippen molar-refractivity contribution in [2.45, 2.75) is 0 Å². The van der Waals surface area contributed by atoms with Crippen molar-refractivity contribution in [3.8, 4) is 6.07 Å². The third-order valence-electron chi connectivity index (χ3n) is 3.38. The predicted molar refractivity (Wildman–Crippen MR) is 90.8 cm³/mol. The highest BCUT2D eigenvalue weighted by Crippen LogP contribution is 2.19. The monoisotopic (exact) mass is 351 g/mol. The molecule has 26 heavy (non-hydrogen) atoms. The molecule has 6 nitrogen and oxygen atoms in total. The fourth-order valence-electron chi connectivity index (χ4n) is 2.09. The van der Waals surface area contributed by atoms with Gasteiger partial charge in [-0.25, -0.2) is 8.78 Å². The second-order valence-electron chi connectivity index (χ2n) is 5.17. The molecule has 0 spiro atoms. The fraction of sp³-hybridized carbons (Fsp3) is 0. The van der Waals surface area contributed by atoms with Gasteiger partial charge in [0.2, 0.25) is 0 Å². The van der Waals surface area contributed by atoms with Crippen LogP contribution in [0.15, 0.2) is 54.6 Å². The number of halogens is 2. The van der Waals surface area contributed by atoms with Crippen LogP contribution in [0.4, 0.5) is 26.0 Å². The van der Waals surface area contributed by atoms with Crippen LogP contribution in [0.3, 0.4) is 0 Å². The number of nitriles is 1. The number of rotatable bonds is 4. The molecule has 0 bridgehead atoms. The van der Waals surface area contributed by atoms with Gasteiger partial charge in [-0.3, -0.25) is 4.79 Å². The number of nitrogens with zero attached hydrogens (tertiary/aromatic N) is 3. The van der Waals surface area contributed by atoms with Gasteiger partial charge in [0.1, 0.15) is 17.3 Å². The zero-order chi connectivity index (χ0) is 18.5. The van der Waals surface area contributed by atoms with Crippen LogP contribution in [0.1, 0.15) is 16.1 Å². The molecule has 2 aromatic carbocycles. The molecule has 2 N–H and O–H groups in total. The van der Waals surface area contributed by atoms with Crippen molar-refractivity contribution in [2.24, 2.45) is 0 Å². The molecule has 0 aliphatic heterocycles. The van der Waals surface area contributed by atoms with Gasteiger partial charge in [0.15, 0.2) is 11.5 Å². The van der Waals surface area contributed by atoms with Gasteiger partial charge in [-0.1, -0.05) is 6.07 Å². The molecule has 3 aromatic rings. The fourth-order valence-corrected chi connectivity index (χ4v) is 2.09. The average Bonchev–Trinajstić information content (AvgIpc) is 2.66. The number of amides is 1. The second-order valence-corrected chi connectivity index (χ2v) is 5.17. The van der Waals surface area contributed by atoms with E-state index < -0.39 is 23.2 Å². The largest absolute Gasteiger partial charge is 0.339 e. The highest BCUT2D eigenvalue weighted by Gasteiger charge is 2.14. The van der Waals surface area contributed by atoms with E-state index >= 15 is 0 Å². The van der Waals surface area contributed by atoms with Crippen molar-refractivity contribution >= 4 is 23.1 Å². The maximum atomic E-state index is 13.6. The van der Waals surface area contributed by atoms with E-state index in [1.54, 1.807) is 24.3 Å². The molecule has 0 unspecified atom stereocenters.